The van der Waals surface area contributed by atoms with E-state index in [1.807, 2.05) is 95.9 Å². The molecule has 4 aromatic rings. The lowest BCUT2D eigenvalue weighted by Gasteiger charge is -2.37. The van der Waals surface area contributed by atoms with Gasteiger partial charge in [-0.2, -0.15) is 13.2 Å². The molecule has 0 N–H and O–H groups in total. The van der Waals surface area contributed by atoms with Gasteiger partial charge in [-0.25, -0.2) is 9.79 Å². The summed E-state index contributed by atoms with van der Waals surface area (Å²) in [6, 6.07) is 32.8. The lowest BCUT2D eigenvalue weighted by Crippen LogP contribution is -2.44. The van der Waals surface area contributed by atoms with Crippen molar-refractivity contribution in [1.82, 2.24) is 4.90 Å². The fourth-order valence-corrected chi connectivity index (χ4v) is 5.11. The van der Waals surface area contributed by atoms with Crippen LogP contribution in [0.1, 0.15) is 40.8 Å². The van der Waals surface area contributed by atoms with E-state index in [4.69, 9.17) is 9.73 Å². The number of hydrogen-bond donors (Lipinski definition) is 0. The van der Waals surface area contributed by atoms with E-state index < -0.39 is 29.3 Å². The van der Waals surface area contributed by atoms with Crippen LogP contribution in [0.3, 0.4) is 0 Å². The van der Waals surface area contributed by atoms with Crippen molar-refractivity contribution in [2.75, 3.05) is 6.61 Å². The van der Waals surface area contributed by atoms with Crippen LogP contribution >= 0.6 is 0 Å². The molecule has 0 bridgehead atoms. The highest BCUT2D eigenvalue weighted by Gasteiger charge is 2.57. The van der Waals surface area contributed by atoms with Crippen LogP contribution < -0.4 is 0 Å². The van der Waals surface area contributed by atoms with Gasteiger partial charge in [-0.1, -0.05) is 103 Å². The molecule has 7 heteroatoms. The second kappa shape index (κ2) is 10.8. The summed E-state index contributed by atoms with van der Waals surface area (Å²) in [6.07, 6.45) is -4.43. The molecule has 0 unspecified atom stereocenters. The molecule has 5 rings (SSSR count). The van der Waals surface area contributed by atoms with Gasteiger partial charge >= 0.3 is 12.1 Å². The van der Waals surface area contributed by atoms with E-state index in [2.05, 4.69) is 0 Å². The molecule has 4 aromatic carbocycles. The minimum atomic E-state index is -4.43. The zero-order valence-corrected chi connectivity index (χ0v) is 21.3. The van der Waals surface area contributed by atoms with Crippen molar-refractivity contribution >= 4 is 11.8 Å². The number of carbonyl (C=O) groups is 1. The van der Waals surface area contributed by atoms with Gasteiger partial charge in [-0.05, 0) is 35.7 Å². The fourth-order valence-electron chi connectivity index (χ4n) is 5.11. The molecule has 1 aliphatic rings. The maximum atomic E-state index is 14.0. The molecule has 1 heterocycles. The Morgan fingerprint density at radius 1 is 0.846 bits per heavy atom. The minimum absolute atomic E-state index is 0.171. The van der Waals surface area contributed by atoms with Crippen LogP contribution in [-0.2, 0) is 27.8 Å². The molecule has 0 fully saturated rings. The largest absolute Gasteiger partial charge is 0.464 e. The van der Waals surface area contributed by atoms with E-state index in [-0.39, 0.29) is 13.2 Å². The number of nitrogens with zero attached hydrogens (tertiary/aromatic N) is 2. The predicted molar refractivity (Wildman–Crippen MR) is 144 cm³/mol. The Balaban J connectivity index is 1.73. The van der Waals surface area contributed by atoms with Crippen molar-refractivity contribution in [2.45, 2.75) is 31.2 Å². The van der Waals surface area contributed by atoms with Gasteiger partial charge in [-0.15, -0.1) is 0 Å². The third kappa shape index (κ3) is 5.04. The standard InChI is InChI=1S/C32H27F3N2O2/c1-2-39-30(38)31(26-16-10-5-11-17-26)28(24-12-6-3-7-13-24)37(29(36-31)25-14-8-4-9-15-25)22-23-18-20-27(21-19-23)32(33,34)35/h3-21,28H,2,22H2,1H3/t28-,31-/m1/s1. The molecule has 198 valence electrons. The predicted octanol–water partition coefficient (Wildman–Crippen LogP) is 7.17. The summed E-state index contributed by atoms with van der Waals surface area (Å²) in [5.74, 6) is 0.0645. The Kier molecular flexibility index (Phi) is 7.24. The maximum Gasteiger partial charge on any atom is 0.416 e. The Hall–Kier alpha value is -4.39. The van der Waals surface area contributed by atoms with E-state index >= 15 is 0 Å². The minimum Gasteiger partial charge on any atom is -0.464 e. The topological polar surface area (TPSA) is 41.9 Å². The van der Waals surface area contributed by atoms with Gasteiger partial charge in [0.2, 0.25) is 5.54 Å². The van der Waals surface area contributed by atoms with Crippen LogP contribution in [0.5, 0.6) is 0 Å². The van der Waals surface area contributed by atoms with Crippen molar-refractivity contribution in [3.05, 3.63) is 143 Å². The van der Waals surface area contributed by atoms with Crippen molar-refractivity contribution in [2.24, 2.45) is 4.99 Å². The number of amidine groups is 1. The third-order valence-electron chi connectivity index (χ3n) is 6.84. The second-order valence-corrected chi connectivity index (χ2v) is 9.29. The molecule has 0 saturated carbocycles. The second-order valence-electron chi connectivity index (χ2n) is 9.29. The van der Waals surface area contributed by atoms with E-state index in [9.17, 15) is 18.0 Å². The SMILES string of the molecule is CCOC(=O)[C@]1(c2ccccc2)N=C(c2ccccc2)N(Cc2ccc(C(F)(F)F)cc2)[C@@H]1c1ccccc1. The first-order valence-electron chi connectivity index (χ1n) is 12.7. The molecule has 0 amide bonds. The lowest BCUT2D eigenvalue weighted by atomic mass is 9.79. The summed E-state index contributed by atoms with van der Waals surface area (Å²) in [6.45, 7) is 2.15. The van der Waals surface area contributed by atoms with E-state index in [0.717, 1.165) is 23.3 Å². The van der Waals surface area contributed by atoms with Gasteiger partial charge in [0.1, 0.15) is 5.84 Å². The number of carbonyl (C=O) groups excluding carboxylic acids is 1. The summed E-state index contributed by atoms with van der Waals surface area (Å²) in [7, 11) is 0. The molecular weight excluding hydrogens is 501 g/mol. The Morgan fingerprint density at radius 3 is 1.97 bits per heavy atom. The number of esters is 1. The Labute approximate surface area is 225 Å². The summed E-state index contributed by atoms with van der Waals surface area (Å²) >= 11 is 0. The van der Waals surface area contributed by atoms with Crippen LogP contribution in [0, 0.1) is 0 Å². The highest BCUT2D eigenvalue weighted by molar-refractivity contribution is 6.04. The zero-order chi connectivity index (χ0) is 27.5. The average Bonchev–Trinajstić information content (AvgIpc) is 3.30. The first-order chi connectivity index (χ1) is 18.8. The number of ether oxygens (including phenoxy) is 1. The smallest absolute Gasteiger partial charge is 0.416 e. The van der Waals surface area contributed by atoms with E-state index in [1.165, 1.54) is 12.1 Å². The van der Waals surface area contributed by atoms with E-state index in [0.29, 0.717) is 17.0 Å². The number of alkyl halides is 3. The lowest BCUT2D eigenvalue weighted by molar-refractivity contribution is -0.151. The molecule has 2 atom stereocenters. The van der Waals surface area contributed by atoms with Gasteiger partial charge in [0.25, 0.3) is 0 Å². The molecule has 0 radical (unpaired) electrons. The van der Waals surface area contributed by atoms with Crippen molar-refractivity contribution in [1.29, 1.82) is 0 Å². The molecular formula is C32H27F3N2O2. The van der Waals surface area contributed by atoms with Gasteiger partial charge < -0.3 is 9.64 Å². The van der Waals surface area contributed by atoms with Gasteiger partial charge in [0, 0.05) is 12.1 Å². The third-order valence-corrected chi connectivity index (χ3v) is 6.84. The van der Waals surface area contributed by atoms with E-state index in [1.54, 1.807) is 6.92 Å². The molecule has 0 saturated heterocycles. The van der Waals surface area contributed by atoms with Crippen molar-refractivity contribution in [3.63, 3.8) is 0 Å². The summed E-state index contributed by atoms with van der Waals surface area (Å²) in [5, 5.41) is 0. The number of rotatable bonds is 7. The first kappa shape index (κ1) is 26.2. The quantitative estimate of drug-likeness (QED) is 0.239. The number of benzene rings is 4. The first-order valence-corrected chi connectivity index (χ1v) is 12.7. The monoisotopic (exact) mass is 528 g/mol. The van der Waals surface area contributed by atoms with Crippen LogP contribution in [0.2, 0.25) is 0 Å². The van der Waals surface area contributed by atoms with Crippen LogP contribution in [0.15, 0.2) is 120 Å². The van der Waals surface area contributed by atoms with Crippen molar-refractivity contribution < 1.29 is 22.7 Å². The fraction of sp³-hybridized carbons (Fsp3) is 0.188. The van der Waals surface area contributed by atoms with Crippen LogP contribution in [0.25, 0.3) is 0 Å². The maximum absolute atomic E-state index is 14.0. The highest BCUT2D eigenvalue weighted by Crippen LogP contribution is 2.50. The number of hydrogen-bond acceptors (Lipinski definition) is 4. The molecule has 1 aliphatic heterocycles. The zero-order valence-electron chi connectivity index (χ0n) is 21.3. The van der Waals surface area contributed by atoms with Gasteiger partial charge in [-0.3, -0.25) is 0 Å². The molecule has 0 spiro atoms. The molecule has 0 aromatic heterocycles. The van der Waals surface area contributed by atoms with Gasteiger partial charge in [0.15, 0.2) is 0 Å². The molecule has 4 nitrogen and oxygen atoms in total. The number of halogens is 3. The Morgan fingerprint density at radius 2 is 1.41 bits per heavy atom. The Bertz CT molecular complexity index is 1440. The normalized spacial score (nSPS) is 19.0. The van der Waals surface area contributed by atoms with Gasteiger partial charge in [0.05, 0.1) is 18.2 Å². The van der Waals surface area contributed by atoms with Crippen LogP contribution in [-0.4, -0.2) is 23.3 Å². The summed E-state index contributed by atoms with van der Waals surface area (Å²) in [4.78, 5) is 21.2. The summed E-state index contributed by atoms with van der Waals surface area (Å²) < 4.78 is 45.5. The highest BCUT2D eigenvalue weighted by atomic mass is 19.4. The molecule has 0 aliphatic carbocycles. The summed E-state index contributed by atoms with van der Waals surface area (Å²) in [5.41, 5.74) is 0.772. The number of aliphatic imine (C=N–C) groups is 1. The average molecular weight is 529 g/mol. The van der Waals surface area contributed by atoms with Crippen LogP contribution in [0.4, 0.5) is 13.2 Å². The molecule has 39 heavy (non-hydrogen) atoms. The van der Waals surface area contributed by atoms with Crippen molar-refractivity contribution in [3.8, 4) is 0 Å².